The van der Waals surface area contributed by atoms with Crippen LogP contribution < -0.4 is 0 Å². The van der Waals surface area contributed by atoms with Crippen molar-refractivity contribution in [3.8, 4) is 0 Å². The van der Waals surface area contributed by atoms with E-state index in [1.807, 2.05) is 30.5 Å². The molecule has 0 saturated carbocycles. The summed E-state index contributed by atoms with van der Waals surface area (Å²) in [6.45, 7) is 0. The van der Waals surface area contributed by atoms with Crippen molar-refractivity contribution in [1.82, 2.24) is 29.8 Å². The number of pyridine rings is 2. The van der Waals surface area contributed by atoms with Gasteiger partial charge in [0.2, 0.25) is 0 Å². The number of rotatable bonds is 0. The van der Waals surface area contributed by atoms with Crippen molar-refractivity contribution < 1.29 is 4.63 Å². The molecule has 82 valence electrons. The fourth-order valence-electron chi connectivity index (χ4n) is 1.92. The Morgan fingerprint density at radius 3 is 2.71 bits per heavy atom. The van der Waals surface area contributed by atoms with Gasteiger partial charge in [-0.25, -0.2) is 9.14 Å². The van der Waals surface area contributed by atoms with Gasteiger partial charge in [-0.1, -0.05) is 5.21 Å². The summed E-state index contributed by atoms with van der Waals surface area (Å²) in [5, 5.41) is 15.9. The third-order valence-corrected chi connectivity index (χ3v) is 2.64. The Bertz CT molecular complexity index is 785. The Morgan fingerprint density at radius 1 is 0.941 bits per heavy atom. The van der Waals surface area contributed by atoms with E-state index in [1.165, 1.54) is 4.57 Å². The van der Waals surface area contributed by atoms with Crippen LogP contribution in [-0.4, -0.2) is 29.8 Å². The van der Waals surface area contributed by atoms with Crippen molar-refractivity contribution in [3.63, 3.8) is 0 Å². The van der Waals surface area contributed by atoms with Gasteiger partial charge in [-0.2, -0.15) is 4.57 Å². The topological polar surface area (TPSA) is 73.5 Å². The summed E-state index contributed by atoms with van der Waals surface area (Å²) in [4.78, 5) is 0. The molecule has 4 aromatic rings. The largest absolute Gasteiger partial charge is 0.243 e. The van der Waals surface area contributed by atoms with Gasteiger partial charge in [0, 0.05) is 12.4 Å². The molecule has 0 bridgehead atoms. The van der Waals surface area contributed by atoms with Gasteiger partial charge in [-0.3, -0.25) is 0 Å². The Kier molecular flexibility index (Phi) is 1.45. The van der Waals surface area contributed by atoms with Gasteiger partial charge in [0.15, 0.2) is 0 Å². The zero-order valence-corrected chi connectivity index (χ0v) is 8.56. The predicted molar refractivity (Wildman–Crippen MR) is 58.1 cm³/mol. The van der Waals surface area contributed by atoms with E-state index in [0.717, 1.165) is 16.6 Å². The van der Waals surface area contributed by atoms with Gasteiger partial charge in [0.25, 0.3) is 0 Å². The Labute approximate surface area is 93.9 Å². The maximum atomic E-state index is 5.16. The molecule has 0 aromatic carbocycles. The van der Waals surface area contributed by atoms with Gasteiger partial charge >= 0.3 is 0 Å². The second kappa shape index (κ2) is 2.91. The van der Waals surface area contributed by atoms with E-state index in [1.54, 1.807) is 10.7 Å². The first-order valence-electron chi connectivity index (χ1n) is 5.04. The first kappa shape index (κ1) is 8.45. The SMILES string of the molecule is c1cc2nnon3cccc4nnn(c1)c2c43. The monoisotopic (exact) mass is 226 g/mol. The number of hydrogen-bond donors (Lipinski definition) is 0. The van der Waals surface area contributed by atoms with E-state index < -0.39 is 0 Å². The second-order valence-corrected chi connectivity index (χ2v) is 3.61. The molecule has 0 amide bonds. The number of hydrogen-bond acceptors (Lipinski definition) is 5. The fraction of sp³-hybridized carbons (Fsp3) is 0. The summed E-state index contributed by atoms with van der Waals surface area (Å²) in [6, 6.07) is 7.37. The van der Waals surface area contributed by atoms with Gasteiger partial charge in [0.1, 0.15) is 22.1 Å². The highest BCUT2D eigenvalue weighted by Crippen LogP contribution is 2.19. The van der Waals surface area contributed by atoms with E-state index in [0.29, 0.717) is 5.52 Å². The van der Waals surface area contributed by atoms with Crippen LogP contribution in [0, 0.1) is 0 Å². The average Bonchev–Trinajstić information content (AvgIpc) is 2.57. The third kappa shape index (κ3) is 1.05. The maximum absolute atomic E-state index is 5.16. The summed E-state index contributed by atoms with van der Waals surface area (Å²) in [7, 11) is 0. The standard InChI is InChI=1S/C10H6N6O/c1-3-7-9-10-8(11-13-15(9)5-1)4-2-6-16(10)17-14-12-7/h1-6H. The molecule has 0 fully saturated rings. The molecule has 7 nitrogen and oxygen atoms in total. The summed E-state index contributed by atoms with van der Waals surface area (Å²) in [5.74, 6) is 0. The van der Waals surface area contributed by atoms with Gasteiger partial charge < -0.3 is 0 Å². The molecule has 0 aliphatic rings. The van der Waals surface area contributed by atoms with Crippen molar-refractivity contribution in [2.75, 3.05) is 0 Å². The maximum Gasteiger partial charge on any atom is 0.138 e. The molecule has 0 aliphatic carbocycles. The molecule has 0 N–H and O–H groups in total. The molecule has 0 saturated heterocycles. The van der Waals surface area contributed by atoms with Crippen LogP contribution in [0.5, 0.6) is 0 Å². The molecule has 0 atom stereocenters. The molecule has 7 heteroatoms. The second-order valence-electron chi connectivity index (χ2n) is 3.61. The Balaban J connectivity index is 2.53. The van der Waals surface area contributed by atoms with Crippen LogP contribution in [0.4, 0.5) is 0 Å². The molecule has 4 heterocycles. The molecular formula is C10H6N6O. The highest BCUT2D eigenvalue weighted by molar-refractivity contribution is 5.97. The van der Waals surface area contributed by atoms with E-state index in [9.17, 15) is 0 Å². The van der Waals surface area contributed by atoms with Crippen LogP contribution in [0.15, 0.2) is 41.3 Å². The highest BCUT2D eigenvalue weighted by atomic mass is 16.6. The van der Waals surface area contributed by atoms with Crippen molar-refractivity contribution in [2.24, 2.45) is 0 Å². The van der Waals surface area contributed by atoms with Crippen LogP contribution in [-0.2, 0) is 0 Å². The van der Waals surface area contributed by atoms with Crippen LogP contribution >= 0.6 is 0 Å². The minimum absolute atomic E-state index is 0.699. The highest BCUT2D eigenvalue weighted by Gasteiger charge is 2.09. The average molecular weight is 226 g/mol. The van der Waals surface area contributed by atoms with Crippen molar-refractivity contribution >= 4 is 22.1 Å². The summed E-state index contributed by atoms with van der Waals surface area (Å²) in [6.07, 6.45) is 3.56. The zero-order valence-electron chi connectivity index (χ0n) is 8.56. The van der Waals surface area contributed by atoms with E-state index >= 15 is 0 Å². The minimum Gasteiger partial charge on any atom is -0.243 e. The smallest absolute Gasteiger partial charge is 0.138 e. The summed E-state index contributed by atoms with van der Waals surface area (Å²) >= 11 is 0. The fourth-order valence-corrected chi connectivity index (χ4v) is 1.92. The van der Waals surface area contributed by atoms with Crippen molar-refractivity contribution in [3.05, 3.63) is 36.7 Å². The Morgan fingerprint density at radius 2 is 1.76 bits per heavy atom. The molecule has 17 heavy (non-hydrogen) atoms. The zero-order chi connectivity index (χ0) is 11.2. The predicted octanol–water partition coefficient (Wildman–Crippen LogP) is 1.08. The molecular weight excluding hydrogens is 220 g/mol. The normalized spacial score (nSPS) is 11.5. The van der Waals surface area contributed by atoms with Crippen LogP contribution in [0.25, 0.3) is 22.1 Å². The Hall–Kier alpha value is -2.70. The summed E-state index contributed by atoms with van der Waals surface area (Å²) < 4.78 is 8.34. The first-order chi connectivity index (χ1) is 8.43. The summed E-state index contributed by atoms with van der Waals surface area (Å²) in [5.41, 5.74) is 3.04. The lowest BCUT2D eigenvalue weighted by Gasteiger charge is -2.03. The minimum atomic E-state index is 0.699. The third-order valence-electron chi connectivity index (χ3n) is 2.64. The molecule has 0 radical (unpaired) electrons. The molecule has 0 aliphatic heterocycles. The number of nitrogens with zero attached hydrogens (tertiary/aromatic N) is 6. The van der Waals surface area contributed by atoms with Gasteiger partial charge in [-0.15, -0.1) is 10.2 Å². The molecule has 4 rings (SSSR count). The lowest BCUT2D eigenvalue weighted by Crippen LogP contribution is -2.01. The van der Waals surface area contributed by atoms with Gasteiger partial charge in [-0.05, 0) is 24.3 Å². The lowest BCUT2D eigenvalue weighted by molar-refractivity contribution is 0.236. The van der Waals surface area contributed by atoms with Crippen molar-refractivity contribution in [1.29, 1.82) is 0 Å². The lowest BCUT2D eigenvalue weighted by atomic mass is 10.3. The van der Waals surface area contributed by atoms with E-state index in [4.69, 9.17) is 4.63 Å². The van der Waals surface area contributed by atoms with E-state index in [2.05, 4.69) is 20.7 Å². The quantitative estimate of drug-likeness (QED) is 0.419. The van der Waals surface area contributed by atoms with Gasteiger partial charge in [0.05, 0.1) is 5.27 Å². The molecule has 4 aromatic heterocycles. The van der Waals surface area contributed by atoms with E-state index in [-0.39, 0.29) is 0 Å². The van der Waals surface area contributed by atoms with Crippen molar-refractivity contribution in [2.45, 2.75) is 0 Å². The van der Waals surface area contributed by atoms with Crippen LogP contribution in [0.1, 0.15) is 0 Å². The molecule has 0 spiro atoms. The molecule has 0 unspecified atom stereocenters. The van der Waals surface area contributed by atoms with Crippen LogP contribution in [0.3, 0.4) is 0 Å². The number of aromatic nitrogens is 6. The first-order valence-corrected chi connectivity index (χ1v) is 5.04. The van der Waals surface area contributed by atoms with Crippen LogP contribution in [0.2, 0.25) is 0 Å².